The third-order valence-electron chi connectivity index (χ3n) is 3.27. The van der Waals surface area contributed by atoms with Gasteiger partial charge in [-0.2, -0.15) is 0 Å². The van der Waals surface area contributed by atoms with E-state index in [1.165, 1.54) is 0 Å². The Labute approximate surface area is 113 Å². The van der Waals surface area contributed by atoms with Crippen molar-refractivity contribution in [2.24, 2.45) is 0 Å². The Balaban J connectivity index is 2.40. The number of benzene rings is 2. The number of rotatable bonds is 4. The van der Waals surface area contributed by atoms with Gasteiger partial charge in [-0.05, 0) is 37.2 Å². The van der Waals surface area contributed by atoms with E-state index in [2.05, 4.69) is 5.32 Å². The van der Waals surface area contributed by atoms with Crippen molar-refractivity contribution >= 4 is 0 Å². The predicted molar refractivity (Wildman–Crippen MR) is 75.0 cm³/mol. The average Bonchev–Trinajstić information content (AvgIpc) is 2.45. The van der Waals surface area contributed by atoms with Crippen LogP contribution in [0.3, 0.4) is 0 Å². The minimum atomic E-state index is -0.161. The van der Waals surface area contributed by atoms with E-state index in [4.69, 9.17) is 4.74 Å². The van der Waals surface area contributed by atoms with E-state index in [1.807, 2.05) is 43.4 Å². The van der Waals surface area contributed by atoms with Crippen molar-refractivity contribution in [1.82, 2.24) is 5.32 Å². The summed E-state index contributed by atoms with van der Waals surface area (Å²) in [5, 5.41) is 3.16. The van der Waals surface area contributed by atoms with Crippen molar-refractivity contribution in [3.63, 3.8) is 0 Å². The van der Waals surface area contributed by atoms with Crippen molar-refractivity contribution in [3.05, 3.63) is 65.0 Å². The lowest BCUT2D eigenvalue weighted by molar-refractivity contribution is 0.414. The van der Waals surface area contributed by atoms with Gasteiger partial charge < -0.3 is 10.1 Å². The zero-order valence-electron chi connectivity index (χ0n) is 11.4. The molecule has 0 fully saturated rings. The van der Waals surface area contributed by atoms with Crippen LogP contribution >= 0.6 is 0 Å². The highest BCUT2D eigenvalue weighted by atomic mass is 19.1. The summed E-state index contributed by atoms with van der Waals surface area (Å²) < 4.78 is 19.3. The van der Waals surface area contributed by atoms with E-state index < -0.39 is 0 Å². The van der Waals surface area contributed by atoms with Crippen LogP contribution in [0.2, 0.25) is 0 Å². The first-order chi connectivity index (χ1) is 9.17. The molecule has 0 saturated heterocycles. The normalized spacial score (nSPS) is 12.2. The maximum Gasteiger partial charge on any atom is 0.131 e. The Bertz CT molecular complexity index is 551. The second-order valence-electron chi connectivity index (χ2n) is 4.47. The molecule has 2 nitrogen and oxygen atoms in total. The maximum atomic E-state index is 14.2. The largest absolute Gasteiger partial charge is 0.497 e. The summed E-state index contributed by atoms with van der Waals surface area (Å²) in [5.41, 5.74) is 2.33. The fraction of sp³-hybridized carbons (Fsp3) is 0.250. The van der Waals surface area contributed by atoms with E-state index in [1.54, 1.807) is 20.1 Å². The number of nitrogens with one attached hydrogen (secondary N) is 1. The average molecular weight is 259 g/mol. The molecule has 0 amide bonds. The molecule has 2 aromatic carbocycles. The van der Waals surface area contributed by atoms with Crippen molar-refractivity contribution in [1.29, 1.82) is 0 Å². The third kappa shape index (κ3) is 2.76. The van der Waals surface area contributed by atoms with Crippen LogP contribution in [0.5, 0.6) is 5.75 Å². The van der Waals surface area contributed by atoms with Crippen LogP contribution in [0.4, 0.5) is 4.39 Å². The molecule has 100 valence electrons. The van der Waals surface area contributed by atoms with Gasteiger partial charge in [-0.1, -0.05) is 30.3 Å². The molecule has 0 radical (unpaired) electrons. The quantitative estimate of drug-likeness (QED) is 0.908. The van der Waals surface area contributed by atoms with Gasteiger partial charge in [0.25, 0.3) is 0 Å². The molecule has 0 aliphatic carbocycles. The standard InChI is InChI=1S/C16H18FNO/c1-11-5-4-6-14(15(11)17)16(18-2)12-7-9-13(19-3)10-8-12/h4-10,16,18H,1-3H3. The Morgan fingerprint density at radius 3 is 2.37 bits per heavy atom. The van der Waals surface area contributed by atoms with E-state index >= 15 is 0 Å². The van der Waals surface area contributed by atoms with Crippen LogP contribution in [-0.4, -0.2) is 14.2 Å². The molecule has 0 aromatic heterocycles. The highest BCUT2D eigenvalue weighted by Gasteiger charge is 2.17. The summed E-state index contributed by atoms with van der Waals surface area (Å²) in [6.45, 7) is 1.78. The lowest BCUT2D eigenvalue weighted by Crippen LogP contribution is -2.19. The summed E-state index contributed by atoms with van der Waals surface area (Å²) in [5.74, 6) is 0.640. The molecule has 19 heavy (non-hydrogen) atoms. The molecule has 1 N–H and O–H groups in total. The topological polar surface area (TPSA) is 21.3 Å². The van der Waals surface area contributed by atoms with Crippen molar-refractivity contribution in [2.75, 3.05) is 14.2 Å². The molecule has 1 unspecified atom stereocenters. The molecule has 2 rings (SSSR count). The summed E-state index contributed by atoms with van der Waals surface area (Å²) in [6.07, 6.45) is 0. The molecule has 1 atom stereocenters. The third-order valence-corrected chi connectivity index (χ3v) is 3.27. The van der Waals surface area contributed by atoms with Crippen molar-refractivity contribution in [3.8, 4) is 5.75 Å². The van der Waals surface area contributed by atoms with E-state index in [9.17, 15) is 4.39 Å². The van der Waals surface area contributed by atoms with Gasteiger partial charge in [0.15, 0.2) is 0 Å². The van der Waals surface area contributed by atoms with Crippen LogP contribution < -0.4 is 10.1 Å². The highest BCUT2D eigenvalue weighted by Crippen LogP contribution is 2.26. The zero-order valence-corrected chi connectivity index (χ0v) is 11.4. The minimum absolute atomic E-state index is 0.155. The molecule has 0 heterocycles. The monoisotopic (exact) mass is 259 g/mol. The van der Waals surface area contributed by atoms with Crippen molar-refractivity contribution < 1.29 is 9.13 Å². The van der Waals surface area contributed by atoms with Gasteiger partial charge in [-0.15, -0.1) is 0 Å². The van der Waals surface area contributed by atoms with Gasteiger partial charge in [-0.25, -0.2) is 4.39 Å². The molecule has 0 aliphatic heterocycles. The van der Waals surface area contributed by atoms with Gasteiger partial charge in [0.2, 0.25) is 0 Å². The van der Waals surface area contributed by atoms with Gasteiger partial charge in [-0.3, -0.25) is 0 Å². The lowest BCUT2D eigenvalue weighted by Gasteiger charge is -2.19. The molecular formula is C16H18FNO. The Morgan fingerprint density at radius 2 is 1.79 bits per heavy atom. The Kier molecular flexibility index (Phi) is 4.17. The molecular weight excluding hydrogens is 241 g/mol. The van der Waals surface area contributed by atoms with E-state index in [0.717, 1.165) is 11.3 Å². The number of hydrogen-bond acceptors (Lipinski definition) is 2. The molecule has 3 heteroatoms. The molecule has 0 bridgehead atoms. The Hall–Kier alpha value is -1.87. The SMILES string of the molecule is CNC(c1ccc(OC)cc1)c1cccc(C)c1F. The van der Waals surface area contributed by atoms with Crippen LogP contribution in [-0.2, 0) is 0 Å². The zero-order chi connectivity index (χ0) is 13.8. The van der Waals surface area contributed by atoms with Gasteiger partial charge in [0, 0.05) is 5.56 Å². The number of aryl methyl sites for hydroxylation is 1. The second-order valence-corrected chi connectivity index (χ2v) is 4.47. The summed E-state index contributed by atoms with van der Waals surface area (Å²) in [6, 6.07) is 13.0. The molecule has 2 aromatic rings. The summed E-state index contributed by atoms with van der Waals surface area (Å²) >= 11 is 0. The van der Waals surface area contributed by atoms with Crippen LogP contribution in [0.25, 0.3) is 0 Å². The lowest BCUT2D eigenvalue weighted by atomic mass is 9.97. The number of methoxy groups -OCH3 is 1. The van der Waals surface area contributed by atoms with Crippen LogP contribution in [0.1, 0.15) is 22.7 Å². The maximum absolute atomic E-state index is 14.2. The van der Waals surface area contributed by atoms with Crippen LogP contribution in [0.15, 0.2) is 42.5 Å². The van der Waals surface area contributed by atoms with Crippen LogP contribution in [0, 0.1) is 12.7 Å². The first-order valence-corrected chi connectivity index (χ1v) is 6.23. The molecule has 0 spiro atoms. The number of hydrogen-bond donors (Lipinski definition) is 1. The fourth-order valence-corrected chi connectivity index (χ4v) is 2.19. The first kappa shape index (κ1) is 13.6. The number of halogens is 1. The molecule has 0 aliphatic rings. The van der Waals surface area contributed by atoms with Crippen molar-refractivity contribution in [2.45, 2.75) is 13.0 Å². The summed E-state index contributed by atoms with van der Waals surface area (Å²) in [7, 11) is 3.46. The van der Waals surface area contributed by atoms with Gasteiger partial charge >= 0.3 is 0 Å². The first-order valence-electron chi connectivity index (χ1n) is 6.23. The Morgan fingerprint density at radius 1 is 1.11 bits per heavy atom. The van der Waals surface area contributed by atoms with Gasteiger partial charge in [0.1, 0.15) is 11.6 Å². The summed E-state index contributed by atoms with van der Waals surface area (Å²) in [4.78, 5) is 0. The van der Waals surface area contributed by atoms with E-state index in [0.29, 0.717) is 11.1 Å². The second kappa shape index (κ2) is 5.85. The van der Waals surface area contributed by atoms with Gasteiger partial charge in [0.05, 0.1) is 13.2 Å². The van der Waals surface area contributed by atoms with E-state index in [-0.39, 0.29) is 11.9 Å². The predicted octanol–water partition coefficient (Wildman–Crippen LogP) is 3.45. The molecule has 0 saturated carbocycles. The number of ether oxygens (including phenoxy) is 1. The highest BCUT2D eigenvalue weighted by molar-refractivity contribution is 5.37. The smallest absolute Gasteiger partial charge is 0.131 e. The minimum Gasteiger partial charge on any atom is -0.497 e. The fourth-order valence-electron chi connectivity index (χ4n) is 2.19.